The summed E-state index contributed by atoms with van der Waals surface area (Å²) in [7, 11) is 0. The van der Waals surface area contributed by atoms with Crippen LogP contribution in [0.25, 0.3) is 0 Å². The number of aliphatic hydroxyl groups excluding tert-OH is 1. The molecule has 2 aliphatic heterocycles. The predicted molar refractivity (Wildman–Crippen MR) is 93.6 cm³/mol. The molecule has 1 aromatic heterocycles. The van der Waals surface area contributed by atoms with E-state index in [0.29, 0.717) is 23.7 Å². The SMILES string of the molecule is C[C@H]1C[C@@]2(CCN1C(=O)OC(C)(C)C)OCC(O)c1cc(Cl)sc12. The molecule has 0 aliphatic carbocycles. The zero-order valence-electron chi connectivity index (χ0n) is 14.5. The number of halogens is 1. The van der Waals surface area contributed by atoms with Crippen molar-refractivity contribution in [1.82, 2.24) is 4.90 Å². The maximum Gasteiger partial charge on any atom is 0.410 e. The second kappa shape index (κ2) is 6.16. The minimum Gasteiger partial charge on any atom is -0.444 e. The molecule has 3 atom stereocenters. The van der Waals surface area contributed by atoms with Gasteiger partial charge in [-0.05, 0) is 40.2 Å². The summed E-state index contributed by atoms with van der Waals surface area (Å²) in [6, 6.07) is 1.82. The molecule has 2 aliphatic rings. The topological polar surface area (TPSA) is 59.0 Å². The van der Waals surface area contributed by atoms with Gasteiger partial charge in [-0.1, -0.05) is 11.6 Å². The van der Waals surface area contributed by atoms with Crippen LogP contribution in [0.5, 0.6) is 0 Å². The molecule has 1 aromatic rings. The second-order valence-corrected chi connectivity index (χ2v) is 9.32. The summed E-state index contributed by atoms with van der Waals surface area (Å²) in [5, 5.41) is 10.2. The van der Waals surface area contributed by atoms with E-state index in [2.05, 4.69) is 0 Å². The Hall–Kier alpha value is -0.820. The Morgan fingerprint density at radius 2 is 2.25 bits per heavy atom. The van der Waals surface area contributed by atoms with Gasteiger partial charge in [-0.15, -0.1) is 11.3 Å². The van der Waals surface area contributed by atoms with Gasteiger partial charge in [-0.25, -0.2) is 4.79 Å². The van der Waals surface area contributed by atoms with E-state index in [9.17, 15) is 9.90 Å². The van der Waals surface area contributed by atoms with Gasteiger partial charge in [0.05, 0.1) is 10.9 Å². The lowest BCUT2D eigenvalue weighted by Crippen LogP contribution is -2.53. The van der Waals surface area contributed by atoms with Crippen molar-refractivity contribution in [1.29, 1.82) is 0 Å². The largest absolute Gasteiger partial charge is 0.444 e. The van der Waals surface area contributed by atoms with Crippen LogP contribution in [0.15, 0.2) is 6.07 Å². The van der Waals surface area contributed by atoms with Crippen molar-refractivity contribution in [3.8, 4) is 0 Å². The van der Waals surface area contributed by atoms with Crippen molar-refractivity contribution in [2.45, 2.75) is 63.9 Å². The zero-order chi connectivity index (χ0) is 17.7. The van der Waals surface area contributed by atoms with Crippen LogP contribution in [0.3, 0.4) is 0 Å². The first-order valence-corrected chi connectivity index (χ1v) is 9.42. The number of carbonyl (C=O) groups excluding carboxylic acids is 1. The lowest BCUT2D eigenvalue weighted by atomic mass is 9.82. The van der Waals surface area contributed by atoms with Crippen LogP contribution in [0.2, 0.25) is 4.34 Å². The fourth-order valence-electron chi connectivity index (χ4n) is 3.51. The number of rotatable bonds is 0. The van der Waals surface area contributed by atoms with Crippen LogP contribution in [-0.4, -0.2) is 40.9 Å². The first kappa shape index (κ1) is 18.0. The number of nitrogens with zero attached hydrogens (tertiary/aromatic N) is 1. The summed E-state index contributed by atoms with van der Waals surface area (Å²) in [5.74, 6) is 0. The number of thiophene rings is 1. The molecule has 1 amide bonds. The molecule has 1 fully saturated rings. The molecule has 0 radical (unpaired) electrons. The van der Waals surface area contributed by atoms with E-state index < -0.39 is 17.3 Å². The Balaban J connectivity index is 1.80. The number of amides is 1. The highest BCUT2D eigenvalue weighted by Gasteiger charge is 2.48. The molecule has 134 valence electrons. The molecule has 0 aromatic carbocycles. The number of likely N-dealkylation sites (tertiary alicyclic amines) is 1. The Labute approximate surface area is 151 Å². The van der Waals surface area contributed by atoms with Gasteiger partial charge in [0.15, 0.2) is 0 Å². The predicted octanol–water partition coefficient (Wildman–Crippen LogP) is 4.08. The fourth-order valence-corrected chi connectivity index (χ4v) is 4.98. The van der Waals surface area contributed by atoms with E-state index in [1.165, 1.54) is 11.3 Å². The number of hydrogen-bond donors (Lipinski definition) is 1. The van der Waals surface area contributed by atoms with E-state index in [0.717, 1.165) is 10.4 Å². The second-order valence-electron chi connectivity index (χ2n) is 7.63. The lowest BCUT2D eigenvalue weighted by Gasteiger charge is -2.47. The highest BCUT2D eigenvalue weighted by atomic mass is 35.5. The summed E-state index contributed by atoms with van der Waals surface area (Å²) in [5.41, 5.74) is -0.106. The molecule has 1 saturated heterocycles. The van der Waals surface area contributed by atoms with Crippen LogP contribution in [0.4, 0.5) is 4.79 Å². The third kappa shape index (κ3) is 3.29. The van der Waals surface area contributed by atoms with E-state index in [1.807, 2.05) is 33.8 Å². The summed E-state index contributed by atoms with van der Waals surface area (Å²) in [6.07, 6.45) is 0.425. The summed E-state index contributed by atoms with van der Waals surface area (Å²) < 4.78 is 12.2. The molecule has 1 spiro atoms. The molecule has 1 N–H and O–H groups in total. The van der Waals surface area contributed by atoms with Crippen LogP contribution < -0.4 is 0 Å². The standard InChI is InChI=1S/C17H24ClNO4S/c1-10-8-17(5-6-19(10)15(21)23-16(2,3)4)14-11(7-13(18)24-14)12(20)9-22-17/h7,10,12,20H,5-6,8-9H2,1-4H3/t10-,12?,17+/m0/s1. The summed E-state index contributed by atoms with van der Waals surface area (Å²) >= 11 is 7.64. The average Bonchev–Trinajstić information content (AvgIpc) is 2.85. The van der Waals surface area contributed by atoms with Gasteiger partial charge in [0.1, 0.15) is 17.3 Å². The zero-order valence-corrected chi connectivity index (χ0v) is 16.0. The van der Waals surface area contributed by atoms with Crippen molar-refractivity contribution < 1.29 is 19.4 Å². The molecular weight excluding hydrogens is 350 g/mol. The monoisotopic (exact) mass is 373 g/mol. The van der Waals surface area contributed by atoms with Crippen molar-refractivity contribution >= 4 is 29.0 Å². The Kier molecular flexibility index (Phi) is 4.62. The van der Waals surface area contributed by atoms with Crippen LogP contribution in [-0.2, 0) is 15.1 Å². The van der Waals surface area contributed by atoms with Gasteiger partial charge < -0.3 is 19.5 Å². The van der Waals surface area contributed by atoms with E-state index in [4.69, 9.17) is 21.1 Å². The van der Waals surface area contributed by atoms with Crippen molar-refractivity contribution in [3.63, 3.8) is 0 Å². The van der Waals surface area contributed by atoms with E-state index in [1.54, 1.807) is 4.90 Å². The molecule has 5 nitrogen and oxygen atoms in total. The van der Waals surface area contributed by atoms with Crippen LogP contribution >= 0.6 is 22.9 Å². The third-order valence-electron chi connectivity index (χ3n) is 4.56. The summed E-state index contributed by atoms with van der Waals surface area (Å²) in [6.45, 7) is 8.43. The quantitative estimate of drug-likeness (QED) is 0.744. The number of fused-ring (bicyclic) bond motifs is 2. The molecule has 3 rings (SSSR count). The van der Waals surface area contributed by atoms with Gasteiger partial charge >= 0.3 is 6.09 Å². The van der Waals surface area contributed by atoms with Crippen LogP contribution in [0.1, 0.15) is 57.1 Å². The van der Waals surface area contributed by atoms with Gasteiger partial charge in [-0.2, -0.15) is 0 Å². The van der Waals surface area contributed by atoms with E-state index in [-0.39, 0.29) is 18.7 Å². The lowest BCUT2D eigenvalue weighted by molar-refractivity contribution is -0.136. The molecular formula is C17H24ClNO4S. The minimum atomic E-state index is -0.631. The van der Waals surface area contributed by atoms with Crippen molar-refractivity contribution in [2.24, 2.45) is 0 Å². The first-order chi connectivity index (χ1) is 11.1. The molecule has 24 heavy (non-hydrogen) atoms. The average molecular weight is 374 g/mol. The van der Waals surface area contributed by atoms with Gasteiger partial charge in [0.25, 0.3) is 0 Å². The van der Waals surface area contributed by atoms with Crippen molar-refractivity contribution in [3.05, 3.63) is 20.8 Å². The number of aliphatic hydroxyl groups is 1. The van der Waals surface area contributed by atoms with E-state index >= 15 is 0 Å². The Morgan fingerprint density at radius 1 is 1.54 bits per heavy atom. The van der Waals surface area contributed by atoms with Crippen molar-refractivity contribution in [2.75, 3.05) is 13.2 Å². The molecule has 0 bridgehead atoms. The third-order valence-corrected chi connectivity index (χ3v) is 6.03. The van der Waals surface area contributed by atoms with Gasteiger partial charge in [0.2, 0.25) is 0 Å². The number of ether oxygens (including phenoxy) is 2. The normalized spacial score (nSPS) is 30.3. The molecule has 3 heterocycles. The van der Waals surface area contributed by atoms with Gasteiger partial charge in [-0.3, -0.25) is 0 Å². The highest BCUT2D eigenvalue weighted by molar-refractivity contribution is 7.16. The minimum absolute atomic E-state index is 0.0161. The van der Waals surface area contributed by atoms with Gasteiger partial charge in [0, 0.05) is 29.4 Å². The smallest absolute Gasteiger partial charge is 0.410 e. The highest BCUT2D eigenvalue weighted by Crippen LogP contribution is 2.50. The Bertz CT molecular complexity index is 641. The number of carbonyl (C=O) groups is 1. The number of piperidine rings is 1. The van der Waals surface area contributed by atoms with Crippen LogP contribution in [0, 0.1) is 0 Å². The number of hydrogen-bond acceptors (Lipinski definition) is 5. The fraction of sp³-hybridized carbons (Fsp3) is 0.706. The molecule has 0 saturated carbocycles. The molecule has 7 heteroatoms. The Morgan fingerprint density at radius 3 is 2.88 bits per heavy atom. The first-order valence-electron chi connectivity index (χ1n) is 8.23. The molecule has 1 unspecified atom stereocenters. The maximum atomic E-state index is 12.4. The maximum absolute atomic E-state index is 12.4. The summed E-state index contributed by atoms with van der Waals surface area (Å²) in [4.78, 5) is 15.2.